The van der Waals surface area contributed by atoms with Crippen molar-refractivity contribution in [1.82, 2.24) is 29.9 Å². The molecule has 4 aliphatic heterocycles. The van der Waals surface area contributed by atoms with Gasteiger partial charge in [-0.2, -0.15) is 0 Å². The minimum Gasteiger partial charge on any atom is -0.507 e. The number of anilines is 3. The molecule has 4 N–H and O–H groups in total. The first kappa shape index (κ1) is 41.2. The van der Waals surface area contributed by atoms with E-state index in [0.29, 0.717) is 61.8 Å². The van der Waals surface area contributed by atoms with Crippen LogP contribution in [-0.2, 0) is 9.53 Å². The van der Waals surface area contributed by atoms with Crippen LogP contribution in [0.2, 0.25) is 0 Å². The lowest BCUT2D eigenvalue weighted by Gasteiger charge is -2.42. The van der Waals surface area contributed by atoms with Gasteiger partial charge >= 0.3 is 6.03 Å². The maximum atomic E-state index is 15.9. The summed E-state index contributed by atoms with van der Waals surface area (Å²) in [7, 11) is 0. The summed E-state index contributed by atoms with van der Waals surface area (Å²) in [5.41, 5.74) is 12.9. The number of benzene rings is 3. The number of nitrogens with two attached hydrogens (primary N) is 1. The number of carbonyl (C=O) groups is 3. The lowest BCUT2D eigenvalue weighted by Crippen LogP contribution is -2.54. The lowest BCUT2D eigenvalue weighted by molar-refractivity contribution is -0.120. The van der Waals surface area contributed by atoms with E-state index in [1.54, 1.807) is 35.2 Å². The molecule has 2 aromatic heterocycles. The maximum Gasteiger partial charge on any atom is 0.328 e. The van der Waals surface area contributed by atoms with Gasteiger partial charge in [0.1, 0.15) is 11.9 Å². The Hall–Kier alpha value is -6.13. The first-order chi connectivity index (χ1) is 29.8. The highest BCUT2D eigenvalue weighted by Crippen LogP contribution is 2.39. The molecule has 0 radical (unpaired) electrons. The number of hydrogen-bond acceptors (Lipinski definition) is 10. The monoisotopic (exact) mass is 847 g/mol. The predicted molar refractivity (Wildman–Crippen MR) is 231 cm³/mol. The van der Waals surface area contributed by atoms with E-state index in [9.17, 15) is 19.5 Å². The number of aromatic nitrogens is 3. The number of phenols is 1. The Morgan fingerprint density at radius 1 is 0.935 bits per heavy atom. The Morgan fingerprint density at radius 2 is 1.74 bits per heavy atom. The van der Waals surface area contributed by atoms with E-state index in [1.165, 1.54) is 4.90 Å². The number of nitrogens with zero attached hydrogens (tertiary/aromatic N) is 7. The second-order valence-corrected chi connectivity index (χ2v) is 17.0. The van der Waals surface area contributed by atoms with Gasteiger partial charge in [-0.05, 0) is 92.8 Å². The number of amides is 4. The van der Waals surface area contributed by atoms with Crippen LogP contribution in [0.25, 0.3) is 22.2 Å². The van der Waals surface area contributed by atoms with Crippen LogP contribution < -0.4 is 20.9 Å². The van der Waals surface area contributed by atoms with E-state index >= 15 is 8.78 Å². The largest absolute Gasteiger partial charge is 0.507 e. The molecule has 14 nitrogen and oxygen atoms in total. The van der Waals surface area contributed by atoms with Crippen molar-refractivity contribution >= 4 is 45.9 Å². The minimum atomic E-state index is -3.04. The quantitative estimate of drug-likeness (QED) is 0.158. The van der Waals surface area contributed by atoms with Crippen molar-refractivity contribution in [3.8, 4) is 17.0 Å². The highest BCUT2D eigenvalue weighted by Gasteiger charge is 2.47. The van der Waals surface area contributed by atoms with Crippen molar-refractivity contribution < 1.29 is 33.0 Å². The van der Waals surface area contributed by atoms with Crippen molar-refractivity contribution in [2.45, 2.75) is 57.6 Å². The zero-order valence-corrected chi connectivity index (χ0v) is 34.9. The number of morpholine rings is 1. The van der Waals surface area contributed by atoms with Gasteiger partial charge in [-0.25, -0.2) is 13.6 Å². The molecule has 0 saturated carbocycles. The number of fused-ring (bicyclic) bond motifs is 1. The van der Waals surface area contributed by atoms with Crippen LogP contribution in [0.5, 0.6) is 5.75 Å². The fourth-order valence-corrected chi connectivity index (χ4v) is 9.81. The average Bonchev–Trinajstić information content (AvgIpc) is 3.60. The highest BCUT2D eigenvalue weighted by molar-refractivity contribution is 6.09. The second-order valence-electron chi connectivity index (χ2n) is 17.0. The molecule has 16 heteroatoms. The summed E-state index contributed by atoms with van der Waals surface area (Å²) in [6, 6.07) is 21.7. The molecule has 9 rings (SSSR count). The van der Waals surface area contributed by atoms with E-state index in [2.05, 4.69) is 42.9 Å². The van der Waals surface area contributed by atoms with Crippen LogP contribution in [0.4, 0.5) is 30.8 Å². The molecule has 4 amide bonds. The Morgan fingerprint density at radius 3 is 2.50 bits per heavy atom. The number of imide groups is 1. The summed E-state index contributed by atoms with van der Waals surface area (Å²) in [5, 5.41) is 22.1. The van der Waals surface area contributed by atoms with Crippen LogP contribution in [0.3, 0.4) is 0 Å². The average molecular weight is 848 g/mol. The van der Waals surface area contributed by atoms with E-state index in [1.807, 2.05) is 43.3 Å². The SMILES string of the molecule is Cc1cc(C(=O)N2CC[C@H](CN3CCC(n4c(C)cc5c(N6CCC(=O)NC6=O)cccc54)CC3)C(F)(F)C2)ccc1[C@@H]1CN(c2cc(-c3ccccc3O)nnc2N)CCO1. The number of halogens is 2. The predicted octanol–water partition coefficient (Wildman–Crippen LogP) is 6.46. The smallest absolute Gasteiger partial charge is 0.328 e. The van der Waals surface area contributed by atoms with Crippen LogP contribution in [-0.4, -0.2) is 112 Å². The molecular formula is C46H51F2N9O5. The number of nitrogens with one attached hydrogen (secondary N) is 1. The fourth-order valence-electron chi connectivity index (χ4n) is 9.81. The standard InChI is InChI=1S/C46H51F2N9O5/c1-28-22-30(10-11-33(28)41-26-54(20-21-62-41)39-24-36(51-52-43(39)49)34-6-3-4-9-40(34)58)44(60)55-18-12-31(46(47,48)27-55)25-53-16-13-32(14-17-53)57-29(2)23-35-37(7-5-8-38(35)57)56-19-15-42(59)50-45(56)61/h3-11,22-24,31-32,41,58H,12-21,25-27H2,1-2H3,(H2,49,52)(H,50,59,61)/t31-,41+/m1/s1. The Bertz CT molecular complexity index is 2540. The number of aryl methyl sites for hydroxylation is 2. The molecule has 0 unspecified atom stereocenters. The summed E-state index contributed by atoms with van der Waals surface area (Å²) in [6.07, 6.45) is 1.70. The van der Waals surface area contributed by atoms with Gasteiger partial charge in [0.05, 0.1) is 35.7 Å². The molecule has 62 heavy (non-hydrogen) atoms. The number of nitrogen functional groups attached to an aromatic ring is 1. The van der Waals surface area contributed by atoms with Crippen LogP contribution in [0.15, 0.2) is 72.8 Å². The number of piperidine rings is 2. The van der Waals surface area contributed by atoms with Gasteiger partial charge < -0.3 is 34.8 Å². The highest BCUT2D eigenvalue weighted by atomic mass is 19.3. The van der Waals surface area contributed by atoms with Crippen molar-refractivity contribution in [3.63, 3.8) is 0 Å². The van der Waals surface area contributed by atoms with Crippen molar-refractivity contribution in [2.75, 3.05) is 74.5 Å². The molecule has 4 saturated heterocycles. The summed E-state index contributed by atoms with van der Waals surface area (Å²) in [6.45, 7) is 6.94. The molecule has 6 heterocycles. The molecule has 324 valence electrons. The zero-order valence-electron chi connectivity index (χ0n) is 34.9. The van der Waals surface area contributed by atoms with E-state index in [4.69, 9.17) is 10.5 Å². The van der Waals surface area contributed by atoms with Crippen molar-refractivity contribution in [3.05, 3.63) is 95.2 Å². The number of carbonyl (C=O) groups excluding carboxylic acids is 3. The van der Waals surface area contributed by atoms with Crippen molar-refractivity contribution in [1.29, 1.82) is 0 Å². The molecule has 3 aromatic carbocycles. The van der Waals surface area contributed by atoms with Gasteiger partial charge in [0.2, 0.25) is 5.91 Å². The summed E-state index contributed by atoms with van der Waals surface area (Å²) >= 11 is 0. The Kier molecular flexibility index (Phi) is 11.1. The third kappa shape index (κ3) is 7.92. The van der Waals surface area contributed by atoms with E-state index in [-0.39, 0.29) is 55.6 Å². The van der Waals surface area contributed by atoms with E-state index in [0.717, 1.165) is 46.3 Å². The number of hydrogen-bond donors (Lipinski definition) is 3. The second kappa shape index (κ2) is 16.6. The normalized spacial score (nSPS) is 21.4. The van der Waals surface area contributed by atoms with Gasteiger partial charge in [-0.1, -0.05) is 24.3 Å². The number of likely N-dealkylation sites (tertiary alicyclic amines) is 2. The molecule has 0 bridgehead atoms. The fraction of sp³-hybridized carbons (Fsp3) is 0.413. The summed E-state index contributed by atoms with van der Waals surface area (Å²) < 4.78 is 40.3. The number of aromatic hydroxyl groups is 1. The van der Waals surface area contributed by atoms with Crippen LogP contribution in [0, 0.1) is 19.8 Å². The summed E-state index contributed by atoms with van der Waals surface area (Å²) in [4.78, 5) is 45.3. The van der Waals surface area contributed by atoms with Crippen LogP contribution >= 0.6 is 0 Å². The number of rotatable bonds is 8. The number of urea groups is 1. The number of ether oxygens (including phenoxy) is 1. The molecule has 0 aliphatic carbocycles. The first-order valence-electron chi connectivity index (χ1n) is 21.3. The Labute approximate surface area is 358 Å². The van der Waals surface area contributed by atoms with Gasteiger partial charge in [0.25, 0.3) is 11.8 Å². The van der Waals surface area contributed by atoms with Crippen molar-refractivity contribution in [2.24, 2.45) is 5.92 Å². The van der Waals surface area contributed by atoms with Gasteiger partial charge in [0, 0.05) is 86.4 Å². The summed E-state index contributed by atoms with van der Waals surface area (Å²) in [5.74, 6) is -4.25. The van der Waals surface area contributed by atoms with Gasteiger partial charge in [-0.15, -0.1) is 10.2 Å². The Balaban J connectivity index is 0.806. The van der Waals surface area contributed by atoms with Gasteiger partial charge in [-0.3, -0.25) is 19.8 Å². The topological polar surface area (TPSA) is 162 Å². The maximum absolute atomic E-state index is 15.9. The van der Waals surface area contributed by atoms with Crippen LogP contribution in [0.1, 0.15) is 65.0 Å². The van der Waals surface area contributed by atoms with Gasteiger partial charge in [0.15, 0.2) is 5.82 Å². The zero-order chi connectivity index (χ0) is 43.3. The minimum absolute atomic E-state index is 0.0890. The number of phenolic OH excluding ortho intramolecular Hbond substituents is 1. The third-order valence-electron chi connectivity index (χ3n) is 13.1. The number of para-hydroxylation sites is 1. The number of alkyl halides is 2. The van der Waals surface area contributed by atoms with E-state index < -0.39 is 30.3 Å². The molecule has 2 atom stereocenters. The third-order valence-corrected chi connectivity index (χ3v) is 13.1. The molecule has 0 spiro atoms. The molecule has 4 fully saturated rings. The first-order valence-corrected chi connectivity index (χ1v) is 21.3. The molecule has 5 aromatic rings. The lowest BCUT2D eigenvalue weighted by atomic mass is 9.90. The molecule has 4 aliphatic rings. The molecular weight excluding hydrogens is 797 g/mol.